The molecule has 0 bridgehead atoms. The van der Waals surface area contributed by atoms with Crippen molar-refractivity contribution in [2.45, 2.75) is 91.7 Å². The molecule has 0 amide bonds. The molecular weight excluding hydrogens is 306 g/mol. The highest BCUT2D eigenvalue weighted by atomic mass is 32.1. The van der Waals surface area contributed by atoms with Crippen LogP contribution in [-0.2, 0) is 0 Å². The Balaban J connectivity index is 5.75. The second-order valence-corrected chi connectivity index (χ2v) is 10.0. The summed E-state index contributed by atoms with van der Waals surface area (Å²) in [4.78, 5) is 0. The number of hydrogen-bond donors (Lipinski definition) is 3. The second kappa shape index (κ2) is 8.67. The van der Waals surface area contributed by atoms with E-state index in [-0.39, 0.29) is 16.7 Å². The van der Waals surface area contributed by atoms with Crippen LogP contribution in [0.1, 0.15) is 75.2 Å². The molecule has 0 aromatic carbocycles. The first-order valence-corrected chi connectivity index (χ1v) is 9.98. The lowest BCUT2D eigenvalue weighted by Gasteiger charge is -2.48. The quantitative estimate of drug-likeness (QED) is 0.459. The Bertz CT molecular complexity index is 291. The van der Waals surface area contributed by atoms with Crippen LogP contribution < -0.4 is 5.73 Å². The normalized spacial score (nSPS) is 21.8. The van der Waals surface area contributed by atoms with Gasteiger partial charge in [0.1, 0.15) is 0 Å². The molecule has 1 nitrogen and oxygen atoms in total. The Morgan fingerprint density at radius 3 is 1.50 bits per heavy atom. The topological polar surface area (TPSA) is 26.0 Å². The van der Waals surface area contributed by atoms with Crippen LogP contribution in [0.2, 0.25) is 0 Å². The number of hydrogen-bond acceptors (Lipinski definition) is 3. The summed E-state index contributed by atoms with van der Waals surface area (Å²) < 4.78 is 0. The Hall–Kier alpha value is 0.660. The van der Waals surface area contributed by atoms with Gasteiger partial charge in [-0.3, -0.25) is 0 Å². The van der Waals surface area contributed by atoms with Gasteiger partial charge in [0, 0.05) is 16.5 Å². The molecule has 0 saturated carbocycles. The number of thiol groups is 2. The van der Waals surface area contributed by atoms with Gasteiger partial charge in [0.15, 0.2) is 0 Å². The SMILES string of the molecule is CCC(C)(C)C(C)C(C(C)S)C(C(C)N)C(S)C(C)(C)CC. The van der Waals surface area contributed by atoms with Gasteiger partial charge in [-0.15, -0.1) is 0 Å². The average molecular weight is 348 g/mol. The first-order chi connectivity index (χ1) is 9.83. The molecule has 2 N–H and O–H groups in total. The molecule has 0 saturated heterocycles. The van der Waals surface area contributed by atoms with E-state index in [0.29, 0.717) is 28.4 Å². The summed E-state index contributed by atoms with van der Waals surface area (Å²) in [5.74, 6) is 1.39. The molecule has 0 aliphatic rings. The molecule has 0 radical (unpaired) electrons. The van der Waals surface area contributed by atoms with E-state index in [4.69, 9.17) is 31.0 Å². The predicted molar refractivity (Wildman–Crippen MR) is 109 cm³/mol. The maximum absolute atomic E-state index is 6.47. The van der Waals surface area contributed by atoms with Crippen LogP contribution in [0.4, 0.5) is 0 Å². The number of nitrogens with two attached hydrogens (primary N) is 1. The summed E-state index contributed by atoms with van der Waals surface area (Å²) in [6.45, 7) is 20.7. The highest BCUT2D eigenvalue weighted by Crippen LogP contribution is 2.47. The lowest BCUT2D eigenvalue weighted by molar-refractivity contribution is 0.0769. The lowest BCUT2D eigenvalue weighted by Crippen LogP contribution is -2.50. The summed E-state index contributed by atoms with van der Waals surface area (Å²) in [6.07, 6.45) is 2.29. The van der Waals surface area contributed by atoms with Gasteiger partial charge in [0.25, 0.3) is 0 Å². The molecule has 0 aliphatic carbocycles. The van der Waals surface area contributed by atoms with Crippen LogP contribution in [0, 0.1) is 28.6 Å². The fraction of sp³-hybridized carbons (Fsp3) is 1.00. The standard InChI is InChI=1S/C19H41NS2/c1-10-18(6,7)12(3)15(14(5)21)16(13(4)20)17(22)19(8,9)11-2/h12-17,21-22H,10-11,20H2,1-9H3. The Morgan fingerprint density at radius 1 is 0.818 bits per heavy atom. The first kappa shape index (κ1) is 22.7. The third kappa shape index (κ3) is 5.34. The van der Waals surface area contributed by atoms with E-state index in [1.165, 1.54) is 6.42 Å². The van der Waals surface area contributed by atoms with E-state index >= 15 is 0 Å². The van der Waals surface area contributed by atoms with Crippen molar-refractivity contribution < 1.29 is 0 Å². The van der Waals surface area contributed by atoms with Crippen molar-refractivity contribution in [1.82, 2.24) is 0 Å². The van der Waals surface area contributed by atoms with Crippen molar-refractivity contribution >= 4 is 25.3 Å². The lowest BCUT2D eigenvalue weighted by atomic mass is 9.62. The van der Waals surface area contributed by atoms with Crippen molar-refractivity contribution in [1.29, 1.82) is 0 Å². The molecule has 134 valence electrons. The van der Waals surface area contributed by atoms with Crippen LogP contribution in [0.25, 0.3) is 0 Å². The van der Waals surface area contributed by atoms with Gasteiger partial charge < -0.3 is 5.73 Å². The smallest absolute Gasteiger partial charge is 0.0114 e. The van der Waals surface area contributed by atoms with Crippen molar-refractivity contribution in [2.24, 2.45) is 34.3 Å². The Labute approximate surface area is 151 Å². The Kier molecular flexibility index (Phi) is 8.93. The van der Waals surface area contributed by atoms with Gasteiger partial charge in [0.05, 0.1) is 0 Å². The summed E-state index contributed by atoms with van der Waals surface area (Å²) in [7, 11) is 0. The first-order valence-electron chi connectivity index (χ1n) is 8.95. The molecule has 0 aromatic heterocycles. The minimum Gasteiger partial charge on any atom is -0.328 e. The second-order valence-electron chi connectivity index (χ2n) is 8.67. The van der Waals surface area contributed by atoms with Gasteiger partial charge in [-0.1, -0.05) is 61.8 Å². The summed E-state index contributed by atoms with van der Waals surface area (Å²) in [5.41, 5.74) is 6.94. The van der Waals surface area contributed by atoms with E-state index in [1.807, 2.05) is 0 Å². The zero-order chi connectivity index (χ0) is 17.9. The molecule has 0 aromatic rings. The molecule has 0 heterocycles. The average Bonchev–Trinajstić information content (AvgIpc) is 2.42. The van der Waals surface area contributed by atoms with Crippen LogP contribution in [-0.4, -0.2) is 16.5 Å². The van der Waals surface area contributed by atoms with E-state index in [0.717, 1.165) is 6.42 Å². The van der Waals surface area contributed by atoms with Crippen LogP contribution in [0.3, 0.4) is 0 Å². The molecule has 3 heteroatoms. The third-order valence-electron chi connectivity index (χ3n) is 6.41. The minimum atomic E-state index is 0.128. The van der Waals surface area contributed by atoms with Crippen LogP contribution >= 0.6 is 25.3 Å². The maximum Gasteiger partial charge on any atom is 0.0114 e. The van der Waals surface area contributed by atoms with E-state index < -0.39 is 0 Å². The van der Waals surface area contributed by atoms with Crippen molar-refractivity contribution in [3.8, 4) is 0 Å². The van der Waals surface area contributed by atoms with Crippen LogP contribution in [0.15, 0.2) is 0 Å². The van der Waals surface area contributed by atoms with Crippen molar-refractivity contribution in [3.63, 3.8) is 0 Å². The molecule has 0 fully saturated rings. The zero-order valence-electron chi connectivity index (χ0n) is 16.4. The fourth-order valence-electron chi connectivity index (χ4n) is 3.49. The summed E-state index contributed by atoms with van der Waals surface area (Å²) >= 11 is 9.93. The van der Waals surface area contributed by atoms with Crippen molar-refractivity contribution in [2.75, 3.05) is 0 Å². The zero-order valence-corrected chi connectivity index (χ0v) is 18.1. The van der Waals surface area contributed by atoms with Gasteiger partial charge >= 0.3 is 0 Å². The fourth-order valence-corrected chi connectivity index (χ4v) is 4.60. The largest absolute Gasteiger partial charge is 0.328 e. The van der Waals surface area contributed by atoms with Crippen LogP contribution in [0.5, 0.6) is 0 Å². The monoisotopic (exact) mass is 347 g/mol. The van der Waals surface area contributed by atoms with E-state index in [1.54, 1.807) is 0 Å². The Morgan fingerprint density at radius 2 is 1.23 bits per heavy atom. The number of rotatable bonds is 9. The third-order valence-corrected chi connectivity index (χ3v) is 7.79. The molecule has 22 heavy (non-hydrogen) atoms. The molecular formula is C19H41NS2. The van der Waals surface area contributed by atoms with Gasteiger partial charge in [-0.25, -0.2) is 0 Å². The van der Waals surface area contributed by atoms with E-state index in [2.05, 4.69) is 62.3 Å². The highest BCUT2D eigenvalue weighted by Gasteiger charge is 2.44. The summed E-state index contributed by atoms with van der Waals surface area (Å²) in [5, 5.41) is 0.603. The molecule has 0 spiro atoms. The summed E-state index contributed by atoms with van der Waals surface area (Å²) in [6, 6.07) is 0.128. The molecule has 0 aliphatic heterocycles. The highest BCUT2D eigenvalue weighted by molar-refractivity contribution is 7.81. The van der Waals surface area contributed by atoms with E-state index in [9.17, 15) is 0 Å². The van der Waals surface area contributed by atoms with Gasteiger partial charge in [-0.2, -0.15) is 25.3 Å². The predicted octanol–water partition coefficient (Wildman–Crippen LogP) is 5.69. The van der Waals surface area contributed by atoms with Gasteiger partial charge in [0.2, 0.25) is 0 Å². The van der Waals surface area contributed by atoms with Gasteiger partial charge in [-0.05, 0) is 41.9 Å². The molecule has 6 atom stereocenters. The van der Waals surface area contributed by atoms with Crippen molar-refractivity contribution in [3.05, 3.63) is 0 Å². The molecule has 0 rings (SSSR count). The minimum absolute atomic E-state index is 0.128. The molecule has 6 unspecified atom stereocenters. The maximum atomic E-state index is 6.47.